The highest BCUT2D eigenvalue weighted by Gasteiger charge is 2.18. The van der Waals surface area contributed by atoms with Crippen molar-refractivity contribution >= 4 is 5.91 Å². The van der Waals surface area contributed by atoms with Crippen LogP contribution in [0.3, 0.4) is 0 Å². The summed E-state index contributed by atoms with van der Waals surface area (Å²) < 4.78 is 23.7. The van der Waals surface area contributed by atoms with E-state index in [4.69, 9.17) is 9.47 Å². The summed E-state index contributed by atoms with van der Waals surface area (Å²) in [5.41, 5.74) is 1.91. The number of carbonyl (C=O) groups excluding carboxylic acids is 1. The first-order valence-corrected chi connectivity index (χ1v) is 8.09. The Balaban J connectivity index is 1.55. The van der Waals surface area contributed by atoms with Crippen LogP contribution in [0.25, 0.3) is 0 Å². The Labute approximate surface area is 140 Å². The molecule has 24 heavy (non-hydrogen) atoms. The molecule has 0 radical (unpaired) electrons. The van der Waals surface area contributed by atoms with Gasteiger partial charge in [-0.15, -0.1) is 0 Å². The molecule has 2 aromatic rings. The van der Waals surface area contributed by atoms with Gasteiger partial charge in [-0.2, -0.15) is 0 Å². The minimum absolute atomic E-state index is 0.0372. The van der Waals surface area contributed by atoms with Crippen molar-refractivity contribution in [3.05, 3.63) is 59.4 Å². The van der Waals surface area contributed by atoms with Gasteiger partial charge in [0.05, 0.1) is 5.92 Å². The fraction of sp³-hybridized carbons (Fsp3) is 0.316. The van der Waals surface area contributed by atoms with Crippen molar-refractivity contribution < 1.29 is 18.7 Å². The van der Waals surface area contributed by atoms with E-state index in [1.54, 1.807) is 12.1 Å². The summed E-state index contributed by atoms with van der Waals surface area (Å²) >= 11 is 0. The molecule has 1 amide bonds. The molecule has 5 heteroatoms. The molecule has 0 bridgehead atoms. The van der Waals surface area contributed by atoms with Gasteiger partial charge >= 0.3 is 0 Å². The standard InChI is InChI=1S/C19H20FNO3/c1-2-16(14-4-6-15(20)7-5-14)19(22)21-10-9-13-3-8-17-18(11-13)24-12-23-17/h3-8,11,16H,2,9-10,12H2,1H3,(H,21,22). The third-order valence-corrected chi connectivity index (χ3v) is 4.15. The lowest BCUT2D eigenvalue weighted by Gasteiger charge is -2.15. The van der Waals surface area contributed by atoms with Crippen LogP contribution in [-0.4, -0.2) is 19.2 Å². The second kappa shape index (κ2) is 7.34. The molecule has 0 aromatic heterocycles. The summed E-state index contributed by atoms with van der Waals surface area (Å²) in [6, 6.07) is 11.9. The Kier molecular flexibility index (Phi) is 4.99. The number of hydrogen-bond donors (Lipinski definition) is 1. The van der Waals surface area contributed by atoms with E-state index >= 15 is 0 Å². The topological polar surface area (TPSA) is 47.6 Å². The molecule has 0 saturated carbocycles. The molecule has 1 aliphatic rings. The summed E-state index contributed by atoms with van der Waals surface area (Å²) in [5, 5.41) is 2.96. The highest BCUT2D eigenvalue weighted by atomic mass is 19.1. The van der Waals surface area contributed by atoms with Gasteiger partial charge < -0.3 is 14.8 Å². The maximum Gasteiger partial charge on any atom is 0.231 e. The smallest absolute Gasteiger partial charge is 0.231 e. The quantitative estimate of drug-likeness (QED) is 0.883. The molecule has 0 fully saturated rings. The molecule has 0 saturated heterocycles. The van der Waals surface area contributed by atoms with Gasteiger partial charge in [-0.05, 0) is 48.2 Å². The van der Waals surface area contributed by atoms with Crippen LogP contribution in [0.4, 0.5) is 4.39 Å². The number of amides is 1. The van der Waals surface area contributed by atoms with Crippen LogP contribution in [0.5, 0.6) is 11.5 Å². The maximum absolute atomic E-state index is 13.0. The van der Waals surface area contributed by atoms with Crippen LogP contribution in [0.15, 0.2) is 42.5 Å². The van der Waals surface area contributed by atoms with Crippen molar-refractivity contribution in [2.75, 3.05) is 13.3 Å². The molecule has 3 rings (SSSR count). The Morgan fingerprint density at radius 3 is 2.67 bits per heavy atom. The van der Waals surface area contributed by atoms with E-state index in [1.165, 1.54) is 12.1 Å². The lowest BCUT2D eigenvalue weighted by atomic mass is 9.95. The van der Waals surface area contributed by atoms with Crippen molar-refractivity contribution in [2.24, 2.45) is 0 Å². The Morgan fingerprint density at radius 1 is 1.17 bits per heavy atom. The average Bonchev–Trinajstić information content (AvgIpc) is 3.05. The summed E-state index contributed by atoms with van der Waals surface area (Å²) in [6.07, 6.45) is 1.38. The molecule has 1 unspecified atom stereocenters. The number of ether oxygens (including phenoxy) is 2. The van der Waals surface area contributed by atoms with Crippen molar-refractivity contribution in [3.8, 4) is 11.5 Å². The predicted molar refractivity (Wildman–Crippen MR) is 88.7 cm³/mol. The number of halogens is 1. The van der Waals surface area contributed by atoms with E-state index < -0.39 is 0 Å². The Hall–Kier alpha value is -2.56. The lowest BCUT2D eigenvalue weighted by Crippen LogP contribution is -2.30. The van der Waals surface area contributed by atoms with Crippen LogP contribution in [0.2, 0.25) is 0 Å². The number of fused-ring (bicyclic) bond motifs is 1. The van der Waals surface area contributed by atoms with E-state index in [1.807, 2.05) is 25.1 Å². The Morgan fingerprint density at radius 2 is 1.92 bits per heavy atom. The molecule has 126 valence electrons. The second-order valence-corrected chi connectivity index (χ2v) is 5.74. The molecule has 0 aliphatic carbocycles. The third kappa shape index (κ3) is 3.67. The minimum Gasteiger partial charge on any atom is -0.454 e. The Bertz CT molecular complexity index is 715. The molecular weight excluding hydrogens is 309 g/mol. The molecule has 1 heterocycles. The number of hydrogen-bond acceptors (Lipinski definition) is 3. The van der Waals surface area contributed by atoms with E-state index in [0.29, 0.717) is 19.4 Å². The zero-order valence-corrected chi connectivity index (χ0v) is 13.5. The van der Waals surface area contributed by atoms with Crippen LogP contribution < -0.4 is 14.8 Å². The zero-order chi connectivity index (χ0) is 16.9. The normalized spacial score (nSPS) is 13.6. The van der Waals surface area contributed by atoms with E-state index in [-0.39, 0.29) is 24.4 Å². The van der Waals surface area contributed by atoms with Crippen LogP contribution in [0.1, 0.15) is 30.4 Å². The molecule has 4 nitrogen and oxygen atoms in total. The van der Waals surface area contributed by atoms with Crippen molar-refractivity contribution in [3.63, 3.8) is 0 Å². The summed E-state index contributed by atoms with van der Waals surface area (Å²) in [7, 11) is 0. The molecule has 0 spiro atoms. The number of benzene rings is 2. The van der Waals surface area contributed by atoms with Gasteiger partial charge in [-0.25, -0.2) is 4.39 Å². The summed E-state index contributed by atoms with van der Waals surface area (Å²) in [5.74, 6) is 0.908. The molecular formula is C19H20FNO3. The second-order valence-electron chi connectivity index (χ2n) is 5.74. The summed E-state index contributed by atoms with van der Waals surface area (Å²) in [6.45, 7) is 2.74. The largest absolute Gasteiger partial charge is 0.454 e. The van der Waals surface area contributed by atoms with Crippen LogP contribution in [0, 0.1) is 5.82 Å². The van der Waals surface area contributed by atoms with Crippen LogP contribution in [-0.2, 0) is 11.2 Å². The van der Waals surface area contributed by atoms with Crippen LogP contribution >= 0.6 is 0 Å². The van der Waals surface area contributed by atoms with Gasteiger partial charge in [0.2, 0.25) is 12.7 Å². The SMILES string of the molecule is CCC(C(=O)NCCc1ccc2c(c1)OCO2)c1ccc(F)cc1. The van der Waals surface area contributed by atoms with Crippen molar-refractivity contribution in [1.82, 2.24) is 5.32 Å². The number of carbonyl (C=O) groups is 1. The average molecular weight is 329 g/mol. The van der Waals surface area contributed by atoms with Gasteiger partial charge in [-0.1, -0.05) is 25.1 Å². The van der Waals surface area contributed by atoms with E-state index in [9.17, 15) is 9.18 Å². The fourth-order valence-corrected chi connectivity index (χ4v) is 2.82. The first kappa shape index (κ1) is 16.3. The summed E-state index contributed by atoms with van der Waals surface area (Å²) in [4.78, 5) is 12.4. The van der Waals surface area contributed by atoms with Gasteiger partial charge in [0.25, 0.3) is 0 Å². The zero-order valence-electron chi connectivity index (χ0n) is 13.5. The predicted octanol–water partition coefficient (Wildman–Crippen LogP) is 3.41. The number of rotatable bonds is 6. The fourth-order valence-electron chi connectivity index (χ4n) is 2.82. The minimum atomic E-state index is -0.295. The van der Waals surface area contributed by atoms with E-state index in [0.717, 1.165) is 22.6 Å². The maximum atomic E-state index is 13.0. The van der Waals surface area contributed by atoms with Gasteiger partial charge in [0.15, 0.2) is 11.5 Å². The first-order chi connectivity index (χ1) is 11.7. The molecule has 1 atom stereocenters. The monoisotopic (exact) mass is 329 g/mol. The number of nitrogens with one attached hydrogen (secondary N) is 1. The van der Waals surface area contributed by atoms with Crippen molar-refractivity contribution in [1.29, 1.82) is 0 Å². The van der Waals surface area contributed by atoms with Crippen molar-refractivity contribution in [2.45, 2.75) is 25.7 Å². The molecule has 2 aromatic carbocycles. The first-order valence-electron chi connectivity index (χ1n) is 8.09. The molecule has 1 N–H and O–H groups in total. The van der Waals surface area contributed by atoms with Gasteiger partial charge in [-0.3, -0.25) is 4.79 Å². The lowest BCUT2D eigenvalue weighted by molar-refractivity contribution is -0.122. The van der Waals surface area contributed by atoms with Gasteiger partial charge in [0, 0.05) is 6.54 Å². The molecule has 1 aliphatic heterocycles. The third-order valence-electron chi connectivity index (χ3n) is 4.15. The highest BCUT2D eigenvalue weighted by molar-refractivity contribution is 5.83. The van der Waals surface area contributed by atoms with E-state index in [2.05, 4.69) is 5.32 Å². The highest BCUT2D eigenvalue weighted by Crippen LogP contribution is 2.32. The van der Waals surface area contributed by atoms with Gasteiger partial charge in [0.1, 0.15) is 5.82 Å².